The zero-order valence-corrected chi connectivity index (χ0v) is 10.9. The fraction of sp³-hybridized carbons (Fsp3) is 0.462. The third kappa shape index (κ3) is 3.43. The molecule has 1 rings (SSSR count). The lowest BCUT2D eigenvalue weighted by molar-refractivity contribution is 0.0630. The van der Waals surface area contributed by atoms with Crippen molar-refractivity contribution in [1.29, 1.82) is 0 Å². The highest BCUT2D eigenvalue weighted by Gasteiger charge is 2.21. The number of ether oxygens (including phenoxy) is 1. The van der Waals surface area contributed by atoms with Gasteiger partial charge < -0.3 is 15.4 Å². The number of methoxy groups -OCH3 is 1. The highest BCUT2D eigenvalue weighted by atomic mass is 19.1. The lowest BCUT2D eigenvalue weighted by Crippen LogP contribution is -2.39. The Kier molecular flexibility index (Phi) is 5.09. The quantitative estimate of drug-likeness (QED) is 0.816. The van der Waals surface area contributed by atoms with Crippen LogP contribution in [0.3, 0.4) is 0 Å². The molecule has 1 aromatic carbocycles. The zero-order valence-electron chi connectivity index (χ0n) is 10.9. The number of benzene rings is 1. The van der Waals surface area contributed by atoms with Crippen LogP contribution in [0.15, 0.2) is 18.2 Å². The van der Waals surface area contributed by atoms with Gasteiger partial charge in [-0.25, -0.2) is 4.39 Å². The SMILES string of the molecule is COCCN(C(=O)c1cc(N)ccc1F)C(C)C. The topological polar surface area (TPSA) is 55.6 Å². The summed E-state index contributed by atoms with van der Waals surface area (Å²) in [4.78, 5) is 13.8. The van der Waals surface area contributed by atoms with E-state index >= 15 is 0 Å². The molecule has 1 aromatic rings. The van der Waals surface area contributed by atoms with Crippen LogP contribution in [-0.2, 0) is 4.74 Å². The number of nitrogen functional groups attached to an aromatic ring is 1. The number of halogens is 1. The number of hydrogen-bond acceptors (Lipinski definition) is 3. The molecule has 0 atom stereocenters. The zero-order chi connectivity index (χ0) is 13.7. The maximum atomic E-state index is 13.6. The summed E-state index contributed by atoms with van der Waals surface area (Å²) < 4.78 is 18.6. The molecule has 4 nitrogen and oxygen atoms in total. The van der Waals surface area contributed by atoms with Gasteiger partial charge in [-0.05, 0) is 32.0 Å². The first-order chi connectivity index (χ1) is 8.47. The molecule has 0 bridgehead atoms. The molecule has 2 N–H and O–H groups in total. The Morgan fingerprint density at radius 2 is 2.17 bits per heavy atom. The number of carbonyl (C=O) groups is 1. The van der Waals surface area contributed by atoms with Crippen LogP contribution in [0.2, 0.25) is 0 Å². The highest BCUT2D eigenvalue weighted by molar-refractivity contribution is 5.95. The molecule has 0 saturated carbocycles. The van der Waals surface area contributed by atoms with Gasteiger partial charge in [-0.3, -0.25) is 4.79 Å². The molecule has 1 amide bonds. The van der Waals surface area contributed by atoms with Crippen molar-refractivity contribution in [2.45, 2.75) is 19.9 Å². The third-order valence-corrected chi connectivity index (χ3v) is 2.64. The Morgan fingerprint density at radius 3 is 2.72 bits per heavy atom. The van der Waals surface area contributed by atoms with Crippen molar-refractivity contribution in [1.82, 2.24) is 4.90 Å². The van der Waals surface area contributed by atoms with Gasteiger partial charge in [-0.15, -0.1) is 0 Å². The first-order valence-electron chi connectivity index (χ1n) is 5.82. The van der Waals surface area contributed by atoms with Gasteiger partial charge in [-0.1, -0.05) is 0 Å². The smallest absolute Gasteiger partial charge is 0.257 e. The molecule has 0 fully saturated rings. The van der Waals surface area contributed by atoms with Crippen LogP contribution in [0.1, 0.15) is 24.2 Å². The van der Waals surface area contributed by atoms with Crippen LogP contribution < -0.4 is 5.73 Å². The van der Waals surface area contributed by atoms with Crippen molar-refractivity contribution in [2.75, 3.05) is 26.0 Å². The van der Waals surface area contributed by atoms with Crippen LogP contribution in [0.4, 0.5) is 10.1 Å². The van der Waals surface area contributed by atoms with Crippen molar-refractivity contribution < 1.29 is 13.9 Å². The van der Waals surface area contributed by atoms with Gasteiger partial charge in [0, 0.05) is 25.4 Å². The van der Waals surface area contributed by atoms with Crippen LogP contribution in [0.25, 0.3) is 0 Å². The summed E-state index contributed by atoms with van der Waals surface area (Å²) in [5.41, 5.74) is 5.95. The van der Waals surface area contributed by atoms with Gasteiger partial charge in [0.1, 0.15) is 5.82 Å². The van der Waals surface area contributed by atoms with Gasteiger partial charge in [0.25, 0.3) is 5.91 Å². The van der Waals surface area contributed by atoms with Crippen LogP contribution >= 0.6 is 0 Å². The predicted octanol–water partition coefficient (Wildman–Crippen LogP) is 1.90. The summed E-state index contributed by atoms with van der Waals surface area (Å²) in [7, 11) is 1.56. The molecule has 0 aliphatic carbocycles. The second-order valence-electron chi connectivity index (χ2n) is 4.32. The molecule has 0 spiro atoms. The summed E-state index contributed by atoms with van der Waals surface area (Å²) in [6, 6.07) is 3.96. The summed E-state index contributed by atoms with van der Waals surface area (Å²) in [5.74, 6) is -0.927. The van der Waals surface area contributed by atoms with Gasteiger partial charge >= 0.3 is 0 Å². The molecule has 5 heteroatoms. The summed E-state index contributed by atoms with van der Waals surface area (Å²) in [6.45, 7) is 4.57. The molecule has 0 radical (unpaired) electrons. The van der Waals surface area contributed by atoms with Gasteiger partial charge in [0.05, 0.1) is 12.2 Å². The minimum atomic E-state index is -0.558. The molecule has 18 heavy (non-hydrogen) atoms. The Hall–Kier alpha value is -1.62. The van der Waals surface area contributed by atoms with Crippen LogP contribution in [-0.4, -0.2) is 37.1 Å². The second kappa shape index (κ2) is 6.35. The summed E-state index contributed by atoms with van der Waals surface area (Å²) in [6.07, 6.45) is 0. The Morgan fingerprint density at radius 1 is 1.50 bits per heavy atom. The van der Waals surface area contributed by atoms with E-state index in [-0.39, 0.29) is 17.5 Å². The number of nitrogens with two attached hydrogens (primary N) is 1. The summed E-state index contributed by atoms with van der Waals surface area (Å²) in [5, 5.41) is 0. The second-order valence-corrected chi connectivity index (χ2v) is 4.32. The first-order valence-corrected chi connectivity index (χ1v) is 5.82. The summed E-state index contributed by atoms with van der Waals surface area (Å²) >= 11 is 0. The van der Waals surface area contributed by atoms with E-state index in [0.29, 0.717) is 18.8 Å². The molecule has 0 aliphatic rings. The van der Waals surface area contributed by atoms with E-state index in [2.05, 4.69) is 0 Å². The minimum absolute atomic E-state index is 0.000182. The fourth-order valence-corrected chi connectivity index (χ4v) is 1.65. The monoisotopic (exact) mass is 254 g/mol. The van der Waals surface area contributed by atoms with Crippen molar-refractivity contribution in [2.24, 2.45) is 0 Å². The molecule has 0 aromatic heterocycles. The van der Waals surface area contributed by atoms with E-state index in [4.69, 9.17) is 10.5 Å². The van der Waals surface area contributed by atoms with Crippen LogP contribution in [0, 0.1) is 5.82 Å². The Bertz CT molecular complexity index is 421. The van der Waals surface area contributed by atoms with E-state index in [1.165, 1.54) is 18.2 Å². The normalized spacial score (nSPS) is 10.7. The predicted molar refractivity (Wildman–Crippen MR) is 68.9 cm³/mol. The number of carbonyl (C=O) groups excluding carboxylic acids is 1. The Balaban J connectivity index is 2.98. The molecule has 0 aliphatic heterocycles. The standard InChI is InChI=1S/C13H19FN2O2/c1-9(2)16(6-7-18-3)13(17)11-8-10(15)4-5-12(11)14/h4-5,8-9H,6-7,15H2,1-3H3. The fourth-order valence-electron chi connectivity index (χ4n) is 1.65. The van der Waals surface area contributed by atoms with E-state index in [0.717, 1.165) is 0 Å². The Labute approximate surface area is 107 Å². The van der Waals surface area contributed by atoms with E-state index < -0.39 is 5.82 Å². The van der Waals surface area contributed by atoms with Gasteiger partial charge in [0.15, 0.2) is 0 Å². The average Bonchev–Trinajstić information content (AvgIpc) is 2.32. The van der Waals surface area contributed by atoms with Crippen molar-refractivity contribution in [3.63, 3.8) is 0 Å². The molecule has 0 unspecified atom stereocenters. The molecule has 0 heterocycles. The van der Waals surface area contributed by atoms with Crippen molar-refractivity contribution in [3.05, 3.63) is 29.6 Å². The first kappa shape index (κ1) is 14.4. The van der Waals surface area contributed by atoms with Gasteiger partial charge in [-0.2, -0.15) is 0 Å². The lowest BCUT2D eigenvalue weighted by atomic mass is 10.1. The number of rotatable bonds is 5. The van der Waals surface area contributed by atoms with Gasteiger partial charge in [0.2, 0.25) is 0 Å². The third-order valence-electron chi connectivity index (χ3n) is 2.64. The van der Waals surface area contributed by atoms with E-state index in [9.17, 15) is 9.18 Å². The van der Waals surface area contributed by atoms with E-state index in [1.807, 2.05) is 13.8 Å². The molecule has 100 valence electrons. The average molecular weight is 254 g/mol. The van der Waals surface area contributed by atoms with Crippen molar-refractivity contribution >= 4 is 11.6 Å². The number of hydrogen-bond donors (Lipinski definition) is 1. The maximum Gasteiger partial charge on any atom is 0.257 e. The highest BCUT2D eigenvalue weighted by Crippen LogP contribution is 2.15. The number of nitrogens with zero attached hydrogens (tertiary/aromatic N) is 1. The minimum Gasteiger partial charge on any atom is -0.399 e. The maximum absolute atomic E-state index is 13.6. The molecule has 0 saturated heterocycles. The molecular weight excluding hydrogens is 235 g/mol. The number of anilines is 1. The number of amides is 1. The van der Waals surface area contributed by atoms with Crippen molar-refractivity contribution in [3.8, 4) is 0 Å². The molecular formula is C13H19FN2O2. The van der Waals surface area contributed by atoms with E-state index in [1.54, 1.807) is 12.0 Å². The largest absolute Gasteiger partial charge is 0.399 e. The van der Waals surface area contributed by atoms with Crippen LogP contribution in [0.5, 0.6) is 0 Å². The lowest BCUT2D eigenvalue weighted by Gasteiger charge is -2.26.